The van der Waals surface area contributed by atoms with E-state index < -0.39 is 0 Å². The number of hydrogen-bond acceptors (Lipinski definition) is 6. The van der Waals surface area contributed by atoms with Gasteiger partial charge >= 0.3 is 0 Å². The lowest BCUT2D eigenvalue weighted by Crippen LogP contribution is -2.13. The van der Waals surface area contributed by atoms with E-state index in [2.05, 4.69) is 15.3 Å². The van der Waals surface area contributed by atoms with Gasteiger partial charge < -0.3 is 9.47 Å². The Kier molecular flexibility index (Phi) is 5.14. The maximum Gasteiger partial charge on any atom is 0.276 e. The number of fused-ring (bicyclic) bond motifs is 1. The summed E-state index contributed by atoms with van der Waals surface area (Å²) in [7, 11) is 3.25. The van der Waals surface area contributed by atoms with Gasteiger partial charge in [0.15, 0.2) is 5.13 Å². The van der Waals surface area contributed by atoms with Gasteiger partial charge in [-0.15, -0.1) is 11.3 Å². The highest BCUT2D eigenvalue weighted by Gasteiger charge is 2.14. The lowest BCUT2D eigenvalue weighted by atomic mass is 10.1. The molecule has 1 N–H and O–H groups in total. The molecule has 7 heteroatoms. The van der Waals surface area contributed by atoms with Gasteiger partial charge in [0.25, 0.3) is 5.91 Å². The van der Waals surface area contributed by atoms with Crippen LogP contribution in [0.1, 0.15) is 15.4 Å². The van der Waals surface area contributed by atoms with Crippen LogP contribution in [0.15, 0.2) is 54.6 Å². The maximum absolute atomic E-state index is 12.7. The number of amides is 1. The van der Waals surface area contributed by atoms with Crippen molar-refractivity contribution < 1.29 is 14.3 Å². The van der Waals surface area contributed by atoms with Crippen LogP contribution in [0.2, 0.25) is 0 Å². The Balaban J connectivity index is 1.56. The summed E-state index contributed by atoms with van der Waals surface area (Å²) >= 11 is 1.43. The van der Waals surface area contributed by atoms with E-state index in [9.17, 15) is 4.79 Å². The molecular formula is C22H19N3O3S. The number of hydrogen-bond donors (Lipinski definition) is 1. The Hall–Kier alpha value is -3.45. The molecule has 0 aliphatic heterocycles. The highest BCUT2D eigenvalue weighted by molar-refractivity contribution is 7.16. The molecule has 0 spiro atoms. The smallest absolute Gasteiger partial charge is 0.276 e. The van der Waals surface area contributed by atoms with Crippen molar-refractivity contribution in [3.63, 3.8) is 0 Å². The second kappa shape index (κ2) is 7.89. The molecule has 2 heterocycles. The van der Waals surface area contributed by atoms with Crippen LogP contribution in [0.4, 0.5) is 5.13 Å². The number of methoxy groups -OCH3 is 2. The van der Waals surface area contributed by atoms with Crippen LogP contribution < -0.4 is 14.8 Å². The molecule has 4 aromatic rings. The number of ether oxygens (including phenoxy) is 2. The van der Waals surface area contributed by atoms with Gasteiger partial charge in [-0.25, -0.2) is 9.97 Å². The minimum absolute atomic E-state index is 0.294. The van der Waals surface area contributed by atoms with Gasteiger partial charge in [-0.1, -0.05) is 6.07 Å². The van der Waals surface area contributed by atoms with Crippen molar-refractivity contribution in [2.24, 2.45) is 0 Å². The zero-order valence-electron chi connectivity index (χ0n) is 16.2. The van der Waals surface area contributed by atoms with Crippen molar-refractivity contribution in [2.45, 2.75) is 6.92 Å². The monoisotopic (exact) mass is 405 g/mol. The molecule has 6 nitrogen and oxygen atoms in total. The normalized spacial score (nSPS) is 10.7. The van der Waals surface area contributed by atoms with E-state index in [-0.39, 0.29) is 5.91 Å². The summed E-state index contributed by atoms with van der Waals surface area (Å²) in [5, 5.41) is 4.30. The van der Waals surface area contributed by atoms with E-state index in [1.807, 2.05) is 55.5 Å². The van der Waals surface area contributed by atoms with E-state index in [0.29, 0.717) is 10.8 Å². The summed E-state index contributed by atoms with van der Waals surface area (Å²) in [4.78, 5) is 22.7. The fourth-order valence-corrected chi connectivity index (χ4v) is 3.82. The summed E-state index contributed by atoms with van der Waals surface area (Å²) < 4.78 is 10.4. The third kappa shape index (κ3) is 3.90. The standard InChI is InChI=1S/C22H19N3O3S/c1-13-20(14-4-7-16(27-2)8-5-14)24-22(29-13)25-21(26)19-10-6-15-12-17(28-3)9-11-18(15)23-19/h4-12H,1-3H3,(H,24,25,26). The first-order valence-corrected chi connectivity index (χ1v) is 9.77. The number of aryl methyl sites for hydroxylation is 1. The average molecular weight is 405 g/mol. The van der Waals surface area contributed by atoms with Crippen LogP contribution in [-0.2, 0) is 0 Å². The molecule has 0 fully saturated rings. The number of benzene rings is 2. The van der Waals surface area contributed by atoms with Crippen LogP contribution >= 0.6 is 11.3 Å². The molecule has 0 saturated carbocycles. The molecule has 0 unspecified atom stereocenters. The number of carbonyl (C=O) groups excluding carboxylic acids is 1. The molecule has 1 amide bonds. The fraction of sp³-hybridized carbons (Fsp3) is 0.136. The first kappa shape index (κ1) is 18.9. The molecular weight excluding hydrogens is 386 g/mol. The highest BCUT2D eigenvalue weighted by Crippen LogP contribution is 2.31. The molecule has 0 saturated heterocycles. The Labute approximate surface area is 172 Å². The van der Waals surface area contributed by atoms with Gasteiger partial charge in [0.05, 0.1) is 25.4 Å². The topological polar surface area (TPSA) is 73.3 Å². The van der Waals surface area contributed by atoms with Crippen LogP contribution in [-0.4, -0.2) is 30.1 Å². The quantitative estimate of drug-likeness (QED) is 0.509. The molecule has 0 aliphatic rings. The SMILES string of the molecule is COc1ccc(-c2nc(NC(=O)c3ccc4cc(OC)ccc4n3)sc2C)cc1. The first-order valence-electron chi connectivity index (χ1n) is 8.95. The summed E-state index contributed by atoms with van der Waals surface area (Å²) in [6, 6.07) is 16.8. The number of nitrogens with zero attached hydrogens (tertiary/aromatic N) is 2. The number of pyridine rings is 1. The summed E-state index contributed by atoms with van der Waals surface area (Å²) in [5.41, 5.74) is 2.87. The minimum Gasteiger partial charge on any atom is -0.497 e. The Bertz CT molecular complexity index is 1190. The molecule has 2 aromatic heterocycles. The van der Waals surface area contributed by atoms with Gasteiger partial charge in [0.1, 0.15) is 17.2 Å². The van der Waals surface area contributed by atoms with E-state index in [0.717, 1.165) is 38.5 Å². The van der Waals surface area contributed by atoms with Crippen molar-refractivity contribution in [1.29, 1.82) is 0 Å². The third-order valence-corrected chi connectivity index (χ3v) is 5.40. The molecule has 0 bridgehead atoms. The van der Waals surface area contributed by atoms with Crippen LogP contribution in [0.5, 0.6) is 11.5 Å². The van der Waals surface area contributed by atoms with Gasteiger partial charge in [0, 0.05) is 15.8 Å². The second-order valence-electron chi connectivity index (χ2n) is 6.36. The molecule has 146 valence electrons. The average Bonchev–Trinajstić information content (AvgIpc) is 3.12. The van der Waals surface area contributed by atoms with Crippen molar-refractivity contribution in [3.05, 3.63) is 65.2 Å². The predicted molar refractivity (Wildman–Crippen MR) is 115 cm³/mol. The molecule has 0 aliphatic carbocycles. The third-order valence-electron chi connectivity index (χ3n) is 4.51. The fourth-order valence-electron chi connectivity index (χ4n) is 2.98. The second-order valence-corrected chi connectivity index (χ2v) is 7.56. The number of thiazole rings is 1. The zero-order chi connectivity index (χ0) is 20.4. The van der Waals surface area contributed by atoms with Crippen LogP contribution in [0.3, 0.4) is 0 Å². The lowest BCUT2D eigenvalue weighted by Gasteiger charge is -2.05. The lowest BCUT2D eigenvalue weighted by molar-refractivity contribution is 0.102. The number of anilines is 1. The predicted octanol–water partition coefficient (Wildman–Crippen LogP) is 4.94. The number of nitrogens with one attached hydrogen (secondary N) is 1. The van der Waals surface area contributed by atoms with Crippen LogP contribution in [0, 0.1) is 6.92 Å². The number of carbonyl (C=O) groups is 1. The number of rotatable bonds is 5. The van der Waals surface area contributed by atoms with Crippen LogP contribution in [0.25, 0.3) is 22.2 Å². The van der Waals surface area contributed by atoms with E-state index >= 15 is 0 Å². The summed E-state index contributed by atoms with van der Waals surface area (Å²) in [6.07, 6.45) is 0. The molecule has 29 heavy (non-hydrogen) atoms. The molecule has 2 aromatic carbocycles. The van der Waals surface area contributed by atoms with E-state index in [4.69, 9.17) is 9.47 Å². The van der Waals surface area contributed by atoms with Gasteiger partial charge in [-0.05, 0) is 55.5 Å². The van der Waals surface area contributed by atoms with E-state index in [1.54, 1.807) is 20.3 Å². The largest absolute Gasteiger partial charge is 0.497 e. The van der Waals surface area contributed by atoms with Gasteiger partial charge in [-0.3, -0.25) is 10.1 Å². The molecule has 0 atom stereocenters. The van der Waals surface area contributed by atoms with Crippen molar-refractivity contribution >= 4 is 33.3 Å². The Morgan fingerprint density at radius 3 is 2.38 bits per heavy atom. The summed E-state index contributed by atoms with van der Waals surface area (Å²) in [5.74, 6) is 1.24. The highest BCUT2D eigenvalue weighted by atomic mass is 32.1. The van der Waals surface area contributed by atoms with Gasteiger partial charge in [-0.2, -0.15) is 0 Å². The molecule has 4 rings (SSSR count). The zero-order valence-corrected chi connectivity index (χ0v) is 17.0. The van der Waals surface area contributed by atoms with E-state index in [1.165, 1.54) is 11.3 Å². The number of aromatic nitrogens is 2. The Morgan fingerprint density at radius 2 is 1.66 bits per heavy atom. The first-order chi connectivity index (χ1) is 14.1. The van der Waals surface area contributed by atoms with Gasteiger partial charge in [0.2, 0.25) is 0 Å². The summed E-state index contributed by atoms with van der Waals surface area (Å²) in [6.45, 7) is 1.98. The van der Waals surface area contributed by atoms with Crippen molar-refractivity contribution in [3.8, 4) is 22.8 Å². The minimum atomic E-state index is -0.294. The van der Waals surface area contributed by atoms with Crippen molar-refractivity contribution in [1.82, 2.24) is 9.97 Å². The molecule has 0 radical (unpaired) electrons. The Morgan fingerprint density at radius 1 is 0.931 bits per heavy atom. The maximum atomic E-state index is 12.7. The van der Waals surface area contributed by atoms with Crippen molar-refractivity contribution in [2.75, 3.05) is 19.5 Å².